The van der Waals surface area contributed by atoms with E-state index in [9.17, 15) is 4.79 Å². The number of thioether (sulfide) groups is 1. The summed E-state index contributed by atoms with van der Waals surface area (Å²) < 4.78 is 0. The van der Waals surface area contributed by atoms with Gasteiger partial charge in [0.1, 0.15) is 5.84 Å². The topological polar surface area (TPSA) is 56.2 Å². The number of nitrogens with one attached hydrogen (secondary N) is 2. The molecule has 0 aromatic heterocycles. The number of fused-ring (bicyclic) bond motifs is 2. The number of carbonyl (C=O) groups excluding carboxylic acids is 1. The van der Waals surface area contributed by atoms with Crippen LogP contribution in [-0.4, -0.2) is 11.7 Å². The summed E-state index contributed by atoms with van der Waals surface area (Å²) in [7, 11) is 0. The zero-order valence-corrected chi connectivity index (χ0v) is 15.2. The third-order valence-corrected chi connectivity index (χ3v) is 6.45. The van der Waals surface area contributed by atoms with Gasteiger partial charge in [0.25, 0.3) is 0 Å². The van der Waals surface area contributed by atoms with Gasteiger partial charge in [-0.15, -0.1) is 0 Å². The molecule has 3 aliphatic rings. The van der Waals surface area contributed by atoms with Gasteiger partial charge in [0.2, 0.25) is 5.91 Å². The zero-order chi connectivity index (χ0) is 17.7. The Morgan fingerprint density at radius 3 is 2.77 bits per heavy atom. The van der Waals surface area contributed by atoms with Crippen LogP contribution >= 0.6 is 11.8 Å². The van der Waals surface area contributed by atoms with E-state index in [1.54, 1.807) is 16.7 Å². The molecule has 2 aliphatic heterocycles. The number of aryl methyl sites for hydroxylation is 1. The zero-order valence-electron chi connectivity index (χ0n) is 14.3. The molecule has 0 radical (unpaired) electrons. The molecule has 5 rings (SSSR count). The first-order valence-corrected chi connectivity index (χ1v) is 9.84. The molecule has 0 saturated carbocycles. The average molecular weight is 361 g/mol. The van der Waals surface area contributed by atoms with Crippen molar-refractivity contribution < 1.29 is 4.79 Å². The summed E-state index contributed by atoms with van der Waals surface area (Å²) in [6.07, 6.45) is 4.70. The van der Waals surface area contributed by atoms with Gasteiger partial charge in [-0.2, -0.15) is 0 Å². The Bertz CT molecular complexity index is 952. The molecule has 0 atom stereocenters. The number of carbonyl (C=O) groups is 1. The molecule has 2 aromatic carbocycles. The summed E-state index contributed by atoms with van der Waals surface area (Å²) in [4.78, 5) is 15.6. The first kappa shape index (κ1) is 15.7. The number of benzene rings is 2. The molecule has 1 saturated heterocycles. The Hall–Kier alpha value is -2.53. The van der Waals surface area contributed by atoms with Crippen LogP contribution in [0.15, 0.2) is 58.0 Å². The predicted octanol–water partition coefficient (Wildman–Crippen LogP) is 4.71. The van der Waals surface area contributed by atoms with Crippen molar-refractivity contribution in [3.8, 4) is 0 Å². The van der Waals surface area contributed by atoms with E-state index < -0.39 is 0 Å². The lowest BCUT2D eigenvalue weighted by Gasteiger charge is -2.24. The Morgan fingerprint density at radius 1 is 1.04 bits per heavy atom. The summed E-state index contributed by atoms with van der Waals surface area (Å²) >= 11 is 1.61. The van der Waals surface area contributed by atoms with E-state index in [4.69, 9.17) is 5.41 Å². The van der Waals surface area contributed by atoms with Crippen LogP contribution in [0.3, 0.4) is 0 Å². The molecule has 130 valence electrons. The Morgan fingerprint density at radius 2 is 1.88 bits per heavy atom. The van der Waals surface area contributed by atoms with Crippen molar-refractivity contribution in [2.45, 2.75) is 37.0 Å². The number of hydrogen-bond donors (Lipinski definition) is 2. The molecule has 1 aliphatic carbocycles. The van der Waals surface area contributed by atoms with E-state index >= 15 is 0 Å². The highest BCUT2D eigenvalue weighted by Crippen LogP contribution is 2.44. The van der Waals surface area contributed by atoms with Crippen LogP contribution in [0.25, 0.3) is 0 Å². The molecule has 5 heteroatoms. The lowest BCUT2D eigenvalue weighted by atomic mass is 9.90. The molecular weight excluding hydrogens is 342 g/mol. The van der Waals surface area contributed by atoms with Crippen molar-refractivity contribution in [2.75, 3.05) is 10.2 Å². The molecule has 2 heterocycles. The number of rotatable bonds is 1. The Balaban J connectivity index is 1.53. The van der Waals surface area contributed by atoms with E-state index in [-0.39, 0.29) is 12.3 Å². The fourth-order valence-electron chi connectivity index (χ4n) is 4.04. The van der Waals surface area contributed by atoms with Crippen molar-refractivity contribution in [3.63, 3.8) is 0 Å². The molecule has 0 bridgehead atoms. The van der Waals surface area contributed by atoms with Crippen LogP contribution in [0.1, 0.15) is 30.4 Å². The highest BCUT2D eigenvalue weighted by molar-refractivity contribution is 8.03. The van der Waals surface area contributed by atoms with Gasteiger partial charge in [-0.05, 0) is 55.0 Å². The molecule has 26 heavy (non-hydrogen) atoms. The van der Waals surface area contributed by atoms with E-state index in [0.29, 0.717) is 5.84 Å². The van der Waals surface area contributed by atoms with Crippen molar-refractivity contribution in [1.29, 1.82) is 5.41 Å². The van der Waals surface area contributed by atoms with Crippen molar-refractivity contribution in [1.82, 2.24) is 0 Å². The van der Waals surface area contributed by atoms with Crippen LogP contribution in [-0.2, 0) is 17.6 Å². The predicted molar refractivity (Wildman–Crippen MR) is 106 cm³/mol. The van der Waals surface area contributed by atoms with Gasteiger partial charge in [-0.3, -0.25) is 15.1 Å². The molecule has 2 aromatic rings. The van der Waals surface area contributed by atoms with Crippen molar-refractivity contribution in [2.24, 2.45) is 0 Å². The van der Waals surface area contributed by atoms with Gasteiger partial charge in [0, 0.05) is 10.5 Å². The van der Waals surface area contributed by atoms with Crippen LogP contribution in [0.2, 0.25) is 0 Å². The van der Waals surface area contributed by atoms with Crippen LogP contribution in [0.5, 0.6) is 0 Å². The number of anilines is 2. The van der Waals surface area contributed by atoms with Crippen molar-refractivity contribution in [3.05, 3.63) is 64.2 Å². The second-order valence-electron chi connectivity index (χ2n) is 6.91. The summed E-state index contributed by atoms with van der Waals surface area (Å²) in [5.41, 5.74) is 5.34. The van der Waals surface area contributed by atoms with Crippen LogP contribution in [0, 0.1) is 5.41 Å². The standard InChI is InChI=1S/C21H19N3OS/c22-20-15(21-23-16-9-3-4-11-18(16)26-21)12-19(25)24(20)17-10-5-7-13-6-1-2-8-14(13)17/h3-5,7,9-11,22-23H,1-2,6,8,12H2/b21-15-,22-20?. The molecule has 1 fully saturated rings. The van der Waals surface area contributed by atoms with Gasteiger partial charge >= 0.3 is 0 Å². The van der Waals surface area contributed by atoms with Gasteiger partial charge < -0.3 is 5.32 Å². The Kier molecular flexibility index (Phi) is 3.64. The number of amidine groups is 1. The SMILES string of the molecule is N=C1/C(=C2/Nc3ccccc3S2)CC(=O)N1c1cccc2c1CCCC2. The van der Waals surface area contributed by atoms with Gasteiger partial charge in [-0.1, -0.05) is 36.0 Å². The molecule has 2 N–H and O–H groups in total. The number of amides is 1. The van der Waals surface area contributed by atoms with Gasteiger partial charge in [0.05, 0.1) is 22.8 Å². The van der Waals surface area contributed by atoms with E-state index in [0.717, 1.165) is 46.1 Å². The number of para-hydroxylation sites is 1. The summed E-state index contributed by atoms with van der Waals surface area (Å²) in [5.74, 6) is 0.312. The molecular formula is C21H19N3OS. The number of hydrogen-bond acceptors (Lipinski definition) is 4. The van der Waals surface area contributed by atoms with E-state index in [1.165, 1.54) is 17.5 Å². The first-order valence-electron chi connectivity index (χ1n) is 9.02. The minimum absolute atomic E-state index is 0.00479. The fourth-order valence-corrected chi connectivity index (χ4v) is 5.09. The quantitative estimate of drug-likeness (QED) is 0.773. The molecule has 0 spiro atoms. The van der Waals surface area contributed by atoms with Gasteiger partial charge in [-0.25, -0.2) is 0 Å². The lowest BCUT2D eigenvalue weighted by molar-refractivity contribution is -0.116. The third kappa shape index (κ3) is 2.38. The van der Waals surface area contributed by atoms with Crippen LogP contribution < -0.4 is 10.2 Å². The van der Waals surface area contributed by atoms with Gasteiger partial charge in [0.15, 0.2) is 0 Å². The smallest absolute Gasteiger partial charge is 0.237 e. The van der Waals surface area contributed by atoms with E-state index in [2.05, 4.69) is 17.4 Å². The normalized spacial score (nSPS) is 21.6. The minimum Gasteiger partial charge on any atom is -0.349 e. The molecule has 1 amide bonds. The van der Waals surface area contributed by atoms with E-state index in [1.807, 2.05) is 30.3 Å². The average Bonchev–Trinajstić information content (AvgIpc) is 3.22. The second kappa shape index (κ2) is 6.02. The maximum atomic E-state index is 12.8. The van der Waals surface area contributed by atoms with Crippen LogP contribution in [0.4, 0.5) is 11.4 Å². The Labute approximate surface area is 156 Å². The highest BCUT2D eigenvalue weighted by atomic mass is 32.2. The summed E-state index contributed by atoms with van der Waals surface area (Å²) in [5, 5.41) is 13.0. The molecule has 0 unspecified atom stereocenters. The maximum absolute atomic E-state index is 12.8. The molecule has 4 nitrogen and oxygen atoms in total. The lowest BCUT2D eigenvalue weighted by Crippen LogP contribution is -2.30. The first-order chi connectivity index (χ1) is 12.7. The summed E-state index contributed by atoms with van der Waals surface area (Å²) in [6.45, 7) is 0. The van der Waals surface area contributed by atoms with Crippen molar-refractivity contribution >= 4 is 34.9 Å². The summed E-state index contributed by atoms with van der Waals surface area (Å²) in [6, 6.07) is 14.3. The number of nitrogens with zero attached hydrogens (tertiary/aromatic N) is 1. The minimum atomic E-state index is -0.00479. The largest absolute Gasteiger partial charge is 0.349 e. The highest BCUT2D eigenvalue weighted by Gasteiger charge is 2.37. The second-order valence-corrected chi connectivity index (χ2v) is 7.96. The fraction of sp³-hybridized carbons (Fsp3) is 0.238. The monoisotopic (exact) mass is 361 g/mol. The third-order valence-electron chi connectivity index (χ3n) is 5.32. The maximum Gasteiger partial charge on any atom is 0.237 e.